The number of benzene rings is 1. The summed E-state index contributed by atoms with van der Waals surface area (Å²) in [5.74, 6) is -0.909. The predicted molar refractivity (Wildman–Crippen MR) is 63.2 cm³/mol. The highest BCUT2D eigenvalue weighted by molar-refractivity contribution is 5.69. The molecule has 6 nitrogen and oxygen atoms in total. The minimum atomic E-state index is -0.909. The third-order valence-electron chi connectivity index (χ3n) is 2.38. The number of nitrogens with one attached hydrogen (secondary N) is 1. The van der Waals surface area contributed by atoms with Crippen LogP contribution in [-0.4, -0.2) is 22.0 Å². The maximum atomic E-state index is 10.7. The van der Waals surface area contributed by atoms with Crippen LogP contribution < -0.4 is 5.32 Å². The average Bonchev–Trinajstić information content (AvgIpc) is 2.19. The number of carboxylic acids is 1. The fourth-order valence-electron chi connectivity index (χ4n) is 1.56. The van der Waals surface area contributed by atoms with Crippen molar-refractivity contribution in [2.45, 2.75) is 26.3 Å². The molecule has 6 heteroatoms. The van der Waals surface area contributed by atoms with E-state index in [0.717, 1.165) is 0 Å². The number of carbonyl (C=O) groups is 1. The van der Waals surface area contributed by atoms with E-state index in [0.29, 0.717) is 11.3 Å². The van der Waals surface area contributed by atoms with Crippen LogP contribution in [0, 0.1) is 17.0 Å². The number of aliphatic carboxylic acids is 1. The fourth-order valence-corrected chi connectivity index (χ4v) is 1.56. The molecular formula is C11H14N2O4. The minimum absolute atomic E-state index is 0.0255. The van der Waals surface area contributed by atoms with Crippen molar-refractivity contribution in [3.8, 4) is 0 Å². The Morgan fingerprint density at radius 1 is 1.59 bits per heavy atom. The van der Waals surface area contributed by atoms with E-state index in [1.807, 2.05) is 0 Å². The molecule has 92 valence electrons. The zero-order valence-corrected chi connectivity index (χ0v) is 9.64. The lowest BCUT2D eigenvalue weighted by atomic mass is 10.1. The van der Waals surface area contributed by atoms with Crippen molar-refractivity contribution >= 4 is 17.3 Å². The molecule has 0 bridgehead atoms. The van der Waals surface area contributed by atoms with Gasteiger partial charge in [-0.05, 0) is 19.9 Å². The number of nitro groups is 1. The van der Waals surface area contributed by atoms with Gasteiger partial charge >= 0.3 is 5.97 Å². The minimum Gasteiger partial charge on any atom is -0.481 e. The maximum Gasteiger partial charge on any atom is 0.305 e. The Balaban J connectivity index is 2.88. The van der Waals surface area contributed by atoms with Crippen molar-refractivity contribution < 1.29 is 14.8 Å². The summed E-state index contributed by atoms with van der Waals surface area (Å²) in [7, 11) is 0. The Morgan fingerprint density at radius 2 is 2.24 bits per heavy atom. The van der Waals surface area contributed by atoms with Crippen LogP contribution in [0.2, 0.25) is 0 Å². The van der Waals surface area contributed by atoms with E-state index in [1.54, 1.807) is 26.0 Å². The molecule has 0 saturated carbocycles. The van der Waals surface area contributed by atoms with Crippen molar-refractivity contribution in [3.05, 3.63) is 33.9 Å². The first-order valence-corrected chi connectivity index (χ1v) is 5.14. The smallest absolute Gasteiger partial charge is 0.305 e. The number of nitrogens with zero attached hydrogens (tertiary/aromatic N) is 1. The molecule has 0 aliphatic rings. The molecule has 2 N–H and O–H groups in total. The normalized spacial score (nSPS) is 11.9. The molecule has 0 aromatic heterocycles. The predicted octanol–water partition coefficient (Wildman–Crippen LogP) is 2.18. The summed E-state index contributed by atoms with van der Waals surface area (Å²) >= 11 is 0. The first-order valence-electron chi connectivity index (χ1n) is 5.14. The fraction of sp³-hybridized carbons (Fsp3) is 0.364. The highest BCUT2D eigenvalue weighted by atomic mass is 16.6. The summed E-state index contributed by atoms with van der Waals surface area (Å²) < 4.78 is 0. The Labute approximate surface area is 98.4 Å². The molecule has 1 rings (SSSR count). The van der Waals surface area contributed by atoms with Gasteiger partial charge in [0.1, 0.15) is 0 Å². The van der Waals surface area contributed by atoms with Crippen LogP contribution in [0.1, 0.15) is 18.9 Å². The summed E-state index contributed by atoms with van der Waals surface area (Å²) in [4.78, 5) is 20.8. The van der Waals surface area contributed by atoms with Gasteiger partial charge in [-0.3, -0.25) is 14.9 Å². The zero-order valence-electron chi connectivity index (χ0n) is 9.64. The van der Waals surface area contributed by atoms with Crippen LogP contribution in [0.25, 0.3) is 0 Å². The van der Waals surface area contributed by atoms with Gasteiger partial charge in [-0.1, -0.05) is 6.07 Å². The number of hydrogen-bond donors (Lipinski definition) is 2. The van der Waals surface area contributed by atoms with E-state index >= 15 is 0 Å². The third kappa shape index (κ3) is 3.44. The molecule has 1 unspecified atom stereocenters. The van der Waals surface area contributed by atoms with E-state index in [4.69, 9.17) is 5.11 Å². The molecule has 1 aromatic carbocycles. The lowest BCUT2D eigenvalue weighted by Gasteiger charge is -2.14. The van der Waals surface area contributed by atoms with Crippen molar-refractivity contribution in [2.75, 3.05) is 5.32 Å². The number of carboxylic acid groups (broad SMARTS) is 1. The number of hydrogen-bond acceptors (Lipinski definition) is 4. The van der Waals surface area contributed by atoms with E-state index in [-0.39, 0.29) is 18.2 Å². The lowest BCUT2D eigenvalue weighted by molar-refractivity contribution is -0.385. The largest absolute Gasteiger partial charge is 0.481 e. The Morgan fingerprint density at radius 3 is 2.76 bits per heavy atom. The summed E-state index contributed by atoms with van der Waals surface area (Å²) in [5.41, 5.74) is 1.13. The van der Waals surface area contributed by atoms with E-state index in [2.05, 4.69) is 5.32 Å². The topological polar surface area (TPSA) is 92.5 Å². The lowest BCUT2D eigenvalue weighted by Crippen LogP contribution is -2.19. The number of rotatable bonds is 5. The van der Waals surface area contributed by atoms with Gasteiger partial charge in [-0.2, -0.15) is 0 Å². The molecule has 0 saturated heterocycles. The molecule has 0 fully saturated rings. The Kier molecular flexibility index (Phi) is 4.03. The molecule has 1 atom stereocenters. The summed E-state index contributed by atoms with van der Waals surface area (Å²) in [6, 6.07) is 4.40. The standard InChI is InChI=1S/C11H14N2O4/c1-7(6-11(14)15)12-9-4-3-5-10(8(9)2)13(16)17/h3-5,7,12H,6H2,1-2H3,(H,14,15). The highest BCUT2D eigenvalue weighted by Crippen LogP contribution is 2.25. The van der Waals surface area contributed by atoms with Crippen LogP contribution >= 0.6 is 0 Å². The SMILES string of the molecule is Cc1c(NC(C)CC(=O)O)cccc1[N+](=O)[O-]. The molecule has 0 aliphatic carbocycles. The van der Waals surface area contributed by atoms with Gasteiger partial charge in [0.25, 0.3) is 5.69 Å². The van der Waals surface area contributed by atoms with E-state index < -0.39 is 10.9 Å². The van der Waals surface area contributed by atoms with Crippen LogP contribution in [0.3, 0.4) is 0 Å². The van der Waals surface area contributed by atoms with Crippen molar-refractivity contribution in [2.24, 2.45) is 0 Å². The monoisotopic (exact) mass is 238 g/mol. The van der Waals surface area contributed by atoms with E-state index in [9.17, 15) is 14.9 Å². The summed E-state index contributed by atoms with van der Waals surface area (Å²) in [6.45, 7) is 3.35. The molecule has 1 aromatic rings. The second-order valence-corrected chi connectivity index (χ2v) is 3.85. The molecule has 0 aliphatic heterocycles. The maximum absolute atomic E-state index is 10.7. The Hall–Kier alpha value is -2.11. The van der Waals surface area contributed by atoms with Gasteiger partial charge in [0.05, 0.1) is 11.3 Å². The van der Waals surface area contributed by atoms with Crippen LogP contribution in [0.4, 0.5) is 11.4 Å². The molecule has 17 heavy (non-hydrogen) atoms. The van der Waals surface area contributed by atoms with Crippen LogP contribution in [0.15, 0.2) is 18.2 Å². The van der Waals surface area contributed by atoms with Gasteiger partial charge in [0.15, 0.2) is 0 Å². The first kappa shape index (κ1) is 13.0. The zero-order chi connectivity index (χ0) is 13.0. The van der Waals surface area contributed by atoms with Gasteiger partial charge in [0, 0.05) is 23.4 Å². The van der Waals surface area contributed by atoms with Crippen molar-refractivity contribution in [1.29, 1.82) is 0 Å². The van der Waals surface area contributed by atoms with Gasteiger partial charge in [-0.15, -0.1) is 0 Å². The first-order chi connectivity index (χ1) is 7.91. The van der Waals surface area contributed by atoms with Gasteiger partial charge in [0.2, 0.25) is 0 Å². The van der Waals surface area contributed by atoms with Gasteiger partial charge < -0.3 is 10.4 Å². The molecule has 0 radical (unpaired) electrons. The number of nitro benzene ring substituents is 1. The third-order valence-corrected chi connectivity index (χ3v) is 2.38. The quantitative estimate of drug-likeness (QED) is 0.605. The van der Waals surface area contributed by atoms with Crippen LogP contribution in [0.5, 0.6) is 0 Å². The average molecular weight is 238 g/mol. The van der Waals surface area contributed by atoms with E-state index in [1.165, 1.54) is 6.07 Å². The van der Waals surface area contributed by atoms with Crippen molar-refractivity contribution in [3.63, 3.8) is 0 Å². The molecule has 0 amide bonds. The molecule has 0 spiro atoms. The van der Waals surface area contributed by atoms with Crippen molar-refractivity contribution in [1.82, 2.24) is 0 Å². The molecular weight excluding hydrogens is 224 g/mol. The number of anilines is 1. The molecule has 0 heterocycles. The summed E-state index contributed by atoms with van der Waals surface area (Å²) in [5, 5.41) is 22.3. The summed E-state index contributed by atoms with van der Waals surface area (Å²) in [6.07, 6.45) is -0.0396. The second kappa shape index (κ2) is 5.29. The second-order valence-electron chi connectivity index (χ2n) is 3.85. The van der Waals surface area contributed by atoms with Gasteiger partial charge in [-0.25, -0.2) is 0 Å². The Bertz CT molecular complexity index is 445. The highest BCUT2D eigenvalue weighted by Gasteiger charge is 2.15. The van der Waals surface area contributed by atoms with Crippen LogP contribution in [-0.2, 0) is 4.79 Å².